The second kappa shape index (κ2) is 12.8. The van der Waals surface area contributed by atoms with Crippen LogP contribution in [0.25, 0.3) is 11.5 Å². The van der Waals surface area contributed by atoms with Gasteiger partial charge in [0.25, 0.3) is 0 Å². The molecule has 0 aliphatic carbocycles. The summed E-state index contributed by atoms with van der Waals surface area (Å²) in [6.45, 7) is 3.61. The third-order valence-corrected chi connectivity index (χ3v) is 4.55. The highest BCUT2D eigenvalue weighted by molar-refractivity contribution is 14.0. The summed E-state index contributed by atoms with van der Waals surface area (Å²) in [5.41, 5.74) is 2.60. The minimum atomic E-state index is 0. The highest BCUT2D eigenvalue weighted by Crippen LogP contribution is 2.39. The Bertz CT molecular complexity index is 1010. The number of ether oxygens (including phenoxy) is 3. The lowest BCUT2D eigenvalue weighted by Crippen LogP contribution is -2.36. The summed E-state index contributed by atoms with van der Waals surface area (Å²) < 4.78 is 21.9. The van der Waals surface area contributed by atoms with Gasteiger partial charge in [0, 0.05) is 17.7 Å². The number of aromatic nitrogens is 1. The molecule has 8 nitrogen and oxygen atoms in total. The quantitative estimate of drug-likeness (QED) is 0.233. The fraction of sp³-hybridized carbons (Fsp3) is 0.304. The van der Waals surface area contributed by atoms with Gasteiger partial charge in [-0.3, -0.25) is 0 Å². The maximum atomic E-state index is 5.60. The van der Waals surface area contributed by atoms with Gasteiger partial charge in [-0.2, -0.15) is 0 Å². The van der Waals surface area contributed by atoms with E-state index in [2.05, 4.69) is 20.6 Å². The predicted molar refractivity (Wildman–Crippen MR) is 135 cm³/mol. The summed E-state index contributed by atoms with van der Waals surface area (Å²) in [5, 5.41) is 6.51. The van der Waals surface area contributed by atoms with Crippen LogP contribution in [0.5, 0.6) is 17.2 Å². The third-order valence-electron chi connectivity index (χ3n) is 4.55. The number of halogens is 1. The van der Waals surface area contributed by atoms with Crippen molar-refractivity contribution in [2.75, 3.05) is 27.9 Å². The van der Waals surface area contributed by atoms with Crippen LogP contribution in [0.15, 0.2) is 58.1 Å². The van der Waals surface area contributed by atoms with Crippen LogP contribution >= 0.6 is 24.0 Å². The molecule has 172 valence electrons. The maximum Gasteiger partial charge on any atom is 0.226 e. The molecule has 2 N–H and O–H groups in total. The molecule has 0 saturated carbocycles. The molecule has 0 unspecified atom stereocenters. The number of hydrogen-bond donors (Lipinski definition) is 2. The van der Waals surface area contributed by atoms with Crippen molar-refractivity contribution in [3.05, 3.63) is 60.0 Å². The van der Waals surface area contributed by atoms with Crippen LogP contribution in [0.1, 0.15) is 18.2 Å². The van der Waals surface area contributed by atoms with Gasteiger partial charge in [-0.25, -0.2) is 9.98 Å². The number of nitrogens with zero attached hydrogens (tertiary/aromatic N) is 2. The van der Waals surface area contributed by atoms with Crippen molar-refractivity contribution in [1.82, 2.24) is 15.6 Å². The molecule has 9 heteroatoms. The molecule has 1 heterocycles. The van der Waals surface area contributed by atoms with E-state index < -0.39 is 0 Å². The summed E-state index contributed by atoms with van der Waals surface area (Å²) in [5.74, 6) is 3.01. The molecule has 3 aromatic rings. The Morgan fingerprint density at radius 1 is 0.969 bits per heavy atom. The summed E-state index contributed by atoms with van der Waals surface area (Å²) in [6, 6.07) is 13.5. The Labute approximate surface area is 205 Å². The molecule has 0 amide bonds. The Kier molecular flexibility index (Phi) is 10.1. The number of rotatable bonds is 9. The van der Waals surface area contributed by atoms with Crippen LogP contribution in [-0.4, -0.2) is 38.8 Å². The zero-order valence-electron chi connectivity index (χ0n) is 18.7. The van der Waals surface area contributed by atoms with E-state index >= 15 is 0 Å². The Morgan fingerprint density at radius 2 is 1.72 bits per heavy atom. The van der Waals surface area contributed by atoms with E-state index in [0.717, 1.165) is 23.4 Å². The van der Waals surface area contributed by atoms with Crippen molar-refractivity contribution in [2.45, 2.75) is 20.0 Å². The van der Waals surface area contributed by atoms with Gasteiger partial charge in [-0.15, -0.1) is 24.0 Å². The molecule has 0 aliphatic heterocycles. The lowest BCUT2D eigenvalue weighted by molar-refractivity contribution is 0.322. The Balaban J connectivity index is 0.00000363. The first-order valence-electron chi connectivity index (χ1n) is 10.00. The SMILES string of the molecule is CCNC(=NCc1ccc(OC)c(OC)c1OC)NCc1coc(-c2ccccc2)n1.I. The number of aliphatic imine (C=N–C) groups is 1. The monoisotopic (exact) mass is 552 g/mol. The second-order valence-electron chi connectivity index (χ2n) is 6.55. The number of oxazole rings is 1. The van der Waals surface area contributed by atoms with Crippen molar-refractivity contribution >= 4 is 29.9 Å². The van der Waals surface area contributed by atoms with Crippen molar-refractivity contribution < 1.29 is 18.6 Å². The Hall–Kier alpha value is -2.95. The number of benzene rings is 2. The second-order valence-corrected chi connectivity index (χ2v) is 6.55. The standard InChI is InChI=1S/C23H28N4O4.HI/c1-5-24-23(25-13-17-11-12-19(28-2)21(30-4)20(17)29-3)26-14-18-15-31-22(27-18)16-9-7-6-8-10-16;/h6-12,15H,5,13-14H2,1-4H3,(H2,24,25,26);1H. The zero-order valence-corrected chi connectivity index (χ0v) is 21.0. The largest absolute Gasteiger partial charge is 0.493 e. The van der Waals surface area contributed by atoms with E-state index in [1.54, 1.807) is 27.6 Å². The third kappa shape index (κ3) is 6.28. The van der Waals surface area contributed by atoms with Gasteiger partial charge in [0.2, 0.25) is 11.6 Å². The van der Waals surface area contributed by atoms with E-state index in [0.29, 0.717) is 42.2 Å². The van der Waals surface area contributed by atoms with Crippen molar-refractivity contribution in [3.63, 3.8) is 0 Å². The average Bonchev–Trinajstić information content (AvgIpc) is 3.29. The van der Waals surface area contributed by atoms with Crippen molar-refractivity contribution in [3.8, 4) is 28.7 Å². The summed E-state index contributed by atoms with van der Waals surface area (Å²) in [7, 11) is 4.78. The van der Waals surface area contributed by atoms with Crippen molar-refractivity contribution in [1.29, 1.82) is 0 Å². The first-order valence-corrected chi connectivity index (χ1v) is 10.00. The minimum Gasteiger partial charge on any atom is -0.493 e. The number of nitrogens with one attached hydrogen (secondary N) is 2. The van der Waals surface area contributed by atoms with Gasteiger partial charge in [-0.05, 0) is 31.2 Å². The number of hydrogen-bond acceptors (Lipinski definition) is 6. The molecule has 0 radical (unpaired) electrons. The van der Waals surface area contributed by atoms with E-state index in [-0.39, 0.29) is 24.0 Å². The molecule has 0 atom stereocenters. The molecule has 32 heavy (non-hydrogen) atoms. The van der Waals surface area contributed by atoms with Crippen LogP contribution in [-0.2, 0) is 13.1 Å². The van der Waals surface area contributed by atoms with Gasteiger partial charge < -0.3 is 29.3 Å². The van der Waals surface area contributed by atoms with Gasteiger partial charge in [0.05, 0.1) is 40.1 Å². The first kappa shape index (κ1) is 25.3. The Morgan fingerprint density at radius 3 is 2.38 bits per heavy atom. The maximum absolute atomic E-state index is 5.60. The van der Waals surface area contributed by atoms with Crippen LogP contribution in [0.4, 0.5) is 0 Å². The molecule has 0 aliphatic rings. The number of guanidine groups is 1. The van der Waals surface area contributed by atoms with Gasteiger partial charge in [0.1, 0.15) is 6.26 Å². The van der Waals surface area contributed by atoms with Gasteiger partial charge >= 0.3 is 0 Å². The lowest BCUT2D eigenvalue weighted by Gasteiger charge is -2.15. The fourth-order valence-corrected chi connectivity index (χ4v) is 3.07. The fourth-order valence-electron chi connectivity index (χ4n) is 3.07. The highest BCUT2D eigenvalue weighted by atomic mass is 127. The predicted octanol–water partition coefficient (Wildman–Crippen LogP) is 4.24. The van der Waals surface area contributed by atoms with E-state index in [1.807, 2.05) is 49.4 Å². The molecular formula is C23H29IN4O4. The molecule has 0 saturated heterocycles. The van der Waals surface area contributed by atoms with E-state index in [9.17, 15) is 0 Å². The minimum absolute atomic E-state index is 0. The van der Waals surface area contributed by atoms with Crippen LogP contribution in [0.3, 0.4) is 0 Å². The van der Waals surface area contributed by atoms with E-state index in [4.69, 9.17) is 18.6 Å². The summed E-state index contributed by atoms with van der Waals surface area (Å²) in [6.07, 6.45) is 1.65. The number of methoxy groups -OCH3 is 3. The van der Waals surface area contributed by atoms with E-state index in [1.165, 1.54) is 0 Å². The topological polar surface area (TPSA) is 90.1 Å². The highest BCUT2D eigenvalue weighted by Gasteiger charge is 2.15. The average molecular weight is 552 g/mol. The zero-order chi connectivity index (χ0) is 22.1. The van der Waals surface area contributed by atoms with Crippen LogP contribution in [0.2, 0.25) is 0 Å². The first-order chi connectivity index (χ1) is 15.2. The molecular weight excluding hydrogens is 523 g/mol. The molecule has 3 rings (SSSR count). The summed E-state index contributed by atoms with van der Waals surface area (Å²) in [4.78, 5) is 9.20. The molecule has 0 bridgehead atoms. The lowest BCUT2D eigenvalue weighted by atomic mass is 10.1. The molecule has 0 fully saturated rings. The molecule has 2 aromatic carbocycles. The molecule has 1 aromatic heterocycles. The normalized spacial score (nSPS) is 10.8. The van der Waals surface area contributed by atoms with Gasteiger partial charge in [-0.1, -0.05) is 18.2 Å². The van der Waals surface area contributed by atoms with Gasteiger partial charge in [0.15, 0.2) is 17.5 Å². The molecule has 0 spiro atoms. The summed E-state index contributed by atoms with van der Waals surface area (Å²) >= 11 is 0. The van der Waals surface area contributed by atoms with Crippen molar-refractivity contribution in [2.24, 2.45) is 4.99 Å². The van der Waals surface area contributed by atoms with Crippen LogP contribution < -0.4 is 24.8 Å². The smallest absolute Gasteiger partial charge is 0.226 e. The van der Waals surface area contributed by atoms with Crippen LogP contribution in [0, 0.1) is 0 Å².